The Labute approximate surface area is 125 Å². The minimum absolute atomic E-state index is 0.250. The van der Waals surface area contributed by atoms with Crippen molar-refractivity contribution in [2.45, 2.75) is 49.8 Å². The highest BCUT2D eigenvalue weighted by molar-refractivity contribution is 7.77. The Balaban J connectivity index is 1.95. The van der Waals surface area contributed by atoms with Crippen LogP contribution in [0.25, 0.3) is 0 Å². The number of carbonyl (C=O) groups is 1. The van der Waals surface area contributed by atoms with E-state index in [1.165, 1.54) is 38.5 Å². The lowest BCUT2D eigenvalue weighted by molar-refractivity contribution is 0.108. The van der Waals surface area contributed by atoms with Gasteiger partial charge in [-0.15, -0.1) is 0 Å². The van der Waals surface area contributed by atoms with Gasteiger partial charge in [0, 0.05) is 0 Å². The molecule has 19 heavy (non-hydrogen) atoms. The van der Waals surface area contributed by atoms with E-state index in [9.17, 15) is 4.79 Å². The number of hydrogen-bond donors (Lipinski definition) is 0. The number of benzene rings is 1. The molecule has 4 heteroatoms. The third-order valence-electron chi connectivity index (χ3n) is 4.36. The number of rotatable bonds is 2. The van der Waals surface area contributed by atoms with Crippen molar-refractivity contribution >= 4 is 36.6 Å². The average molecular weight is 315 g/mol. The standard InChI is InChI=1S/C15H17Cl2OP/c16-12-6-3-7-13(17)14(12)15(18)19-10-4-1-2-5-11(19)9-8-10/h3,6-7,10-11H,1-2,4-5,8-9H2. The van der Waals surface area contributed by atoms with Crippen LogP contribution in [0.1, 0.15) is 48.9 Å². The predicted octanol–water partition coefficient (Wildman–Crippen LogP) is 5.72. The number of halogens is 2. The van der Waals surface area contributed by atoms with Crippen molar-refractivity contribution in [1.82, 2.24) is 0 Å². The third kappa shape index (κ3) is 2.58. The van der Waals surface area contributed by atoms with Gasteiger partial charge in [0.25, 0.3) is 0 Å². The lowest BCUT2D eigenvalue weighted by atomic mass is 10.0. The largest absolute Gasteiger partial charge is 0.289 e. The van der Waals surface area contributed by atoms with Gasteiger partial charge in [-0.1, -0.05) is 42.1 Å². The summed E-state index contributed by atoms with van der Waals surface area (Å²) in [6.45, 7) is 0. The summed E-state index contributed by atoms with van der Waals surface area (Å²) >= 11 is 12.4. The predicted molar refractivity (Wildman–Crippen MR) is 83.0 cm³/mol. The summed E-state index contributed by atoms with van der Waals surface area (Å²) < 4.78 is 0. The first-order valence-electron chi connectivity index (χ1n) is 6.95. The maximum absolute atomic E-state index is 12.9. The molecule has 0 aliphatic carbocycles. The van der Waals surface area contributed by atoms with Crippen LogP contribution in [0, 0.1) is 0 Å². The topological polar surface area (TPSA) is 17.1 Å². The smallest absolute Gasteiger partial charge is 0.187 e. The van der Waals surface area contributed by atoms with E-state index >= 15 is 0 Å². The maximum atomic E-state index is 12.9. The van der Waals surface area contributed by atoms with Crippen LogP contribution in [-0.2, 0) is 0 Å². The quantitative estimate of drug-likeness (QED) is 0.638. The molecule has 2 saturated heterocycles. The fourth-order valence-corrected chi connectivity index (χ4v) is 7.69. The second-order valence-electron chi connectivity index (χ2n) is 5.48. The van der Waals surface area contributed by atoms with Crippen molar-refractivity contribution < 1.29 is 4.79 Å². The molecule has 2 heterocycles. The van der Waals surface area contributed by atoms with Gasteiger partial charge in [0.2, 0.25) is 0 Å². The van der Waals surface area contributed by atoms with Crippen molar-refractivity contribution in [3.8, 4) is 0 Å². The monoisotopic (exact) mass is 314 g/mol. The van der Waals surface area contributed by atoms with Crippen LogP contribution in [0.15, 0.2) is 18.2 Å². The molecule has 2 bridgehead atoms. The molecule has 2 unspecified atom stereocenters. The molecule has 0 saturated carbocycles. The molecule has 1 nitrogen and oxygen atoms in total. The van der Waals surface area contributed by atoms with Crippen LogP contribution in [0.5, 0.6) is 0 Å². The highest BCUT2D eigenvalue weighted by Gasteiger charge is 2.42. The molecule has 0 radical (unpaired) electrons. The minimum atomic E-state index is -0.587. The first-order chi connectivity index (χ1) is 9.18. The molecule has 0 amide bonds. The number of fused-ring (bicyclic) bond motifs is 2. The van der Waals surface area contributed by atoms with E-state index in [1.807, 2.05) is 0 Å². The summed E-state index contributed by atoms with van der Waals surface area (Å²) in [5, 5.41) is 1.03. The molecule has 2 fully saturated rings. The molecular weight excluding hydrogens is 298 g/mol. The van der Waals surface area contributed by atoms with Crippen molar-refractivity contribution in [3.63, 3.8) is 0 Å². The maximum Gasteiger partial charge on any atom is 0.187 e. The van der Waals surface area contributed by atoms with Gasteiger partial charge in [0.1, 0.15) is 0 Å². The fraction of sp³-hybridized carbons (Fsp3) is 0.533. The van der Waals surface area contributed by atoms with Crippen LogP contribution >= 0.6 is 31.1 Å². The van der Waals surface area contributed by atoms with E-state index in [-0.39, 0.29) is 5.52 Å². The van der Waals surface area contributed by atoms with Crippen LogP contribution in [0.2, 0.25) is 10.0 Å². The zero-order valence-corrected chi connectivity index (χ0v) is 13.1. The minimum Gasteiger partial charge on any atom is -0.289 e. The molecule has 102 valence electrons. The van der Waals surface area contributed by atoms with Gasteiger partial charge in [0.15, 0.2) is 5.52 Å². The van der Waals surface area contributed by atoms with Gasteiger partial charge >= 0.3 is 0 Å². The lowest BCUT2D eigenvalue weighted by Crippen LogP contribution is -2.11. The number of hydrogen-bond acceptors (Lipinski definition) is 1. The molecule has 2 aliphatic rings. The molecule has 0 N–H and O–H groups in total. The fourth-order valence-electron chi connectivity index (χ4n) is 3.45. The molecule has 3 rings (SSSR count). The van der Waals surface area contributed by atoms with Crippen LogP contribution in [0.3, 0.4) is 0 Å². The molecule has 0 aromatic heterocycles. The second-order valence-corrected chi connectivity index (χ2v) is 8.97. The van der Waals surface area contributed by atoms with Gasteiger partial charge < -0.3 is 0 Å². The molecule has 1 aromatic carbocycles. The molecule has 2 atom stereocenters. The summed E-state index contributed by atoms with van der Waals surface area (Å²) in [5.74, 6) is 0. The van der Waals surface area contributed by atoms with Crippen LogP contribution < -0.4 is 0 Å². The highest BCUT2D eigenvalue weighted by atomic mass is 35.5. The molecule has 1 aromatic rings. The number of carbonyl (C=O) groups excluding carboxylic acids is 1. The normalized spacial score (nSPS) is 30.1. The lowest BCUT2D eigenvalue weighted by Gasteiger charge is -2.22. The van der Waals surface area contributed by atoms with Crippen LogP contribution in [0.4, 0.5) is 0 Å². The highest BCUT2D eigenvalue weighted by Crippen LogP contribution is 2.62. The van der Waals surface area contributed by atoms with Gasteiger partial charge in [-0.3, -0.25) is 4.79 Å². The third-order valence-corrected chi connectivity index (χ3v) is 8.28. The summed E-state index contributed by atoms with van der Waals surface area (Å²) in [6, 6.07) is 5.35. The van der Waals surface area contributed by atoms with Gasteiger partial charge in [-0.25, -0.2) is 0 Å². The molecule has 2 aliphatic heterocycles. The summed E-state index contributed by atoms with van der Waals surface area (Å²) in [6.07, 6.45) is 7.45. The van der Waals surface area contributed by atoms with Crippen LogP contribution in [-0.4, -0.2) is 16.8 Å². The first kappa shape index (κ1) is 13.9. The Morgan fingerprint density at radius 1 is 1.00 bits per heavy atom. The van der Waals surface area contributed by atoms with E-state index in [0.29, 0.717) is 26.9 Å². The summed E-state index contributed by atoms with van der Waals surface area (Å²) in [7, 11) is -0.587. The SMILES string of the molecule is O=C(c1c(Cl)cccc1Cl)P1C2CCCCC1CC2. The zero-order valence-electron chi connectivity index (χ0n) is 10.7. The van der Waals surface area contributed by atoms with Crippen molar-refractivity contribution in [2.24, 2.45) is 0 Å². The van der Waals surface area contributed by atoms with E-state index < -0.39 is 7.92 Å². The first-order valence-corrected chi connectivity index (χ1v) is 9.19. The Morgan fingerprint density at radius 3 is 2.05 bits per heavy atom. The second kappa shape index (κ2) is 5.72. The average Bonchev–Trinajstić information content (AvgIpc) is 2.62. The van der Waals surface area contributed by atoms with Gasteiger partial charge in [-0.05, 0) is 57.1 Å². The molecular formula is C15H17Cl2OP. The Morgan fingerprint density at radius 2 is 1.53 bits per heavy atom. The summed E-state index contributed by atoms with van der Waals surface area (Å²) in [4.78, 5) is 12.9. The Kier molecular flexibility index (Phi) is 4.17. The zero-order chi connectivity index (χ0) is 13.4. The van der Waals surface area contributed by atoms with E-state index in [2.05, 4.69) is 0 Å². The van der Waals surface area contributed by atoms with E-state index in [0.717, 1.165) is 0 Å². The Bertz CT molecular complexity index is 469. The van der Waals surface area contributed by atoms with Crippen molar-refractivity contribution in [1.29, 1.82) is 0 Å². The van der Waals surface area contributed by atoms with Gasteiger partial charge in [0.05, 0.1) is 15.6 Å². The van der Waals surface area contributed by atoms with E-state index in [1.54, 1.807) is 18.2 Å². The van der Waals surface area contributed by atoms with E-state index in [4.69, 9.17) is 23.2 Å². The summed E-state index contributed by atoms with van der Waals surface area (Å²) in [5.41, 5.74) is 2.06. The van der Waals surface area contributed by atoms with Crippen molar-refractivity contribution in [3.05, 3.63) is 33.8 Å². The molecule has 0 spiro atoms. The van der Waals surface area contributed by atoms with Gasteiger partial charge in [-0.2, -0.15) is 0 Å². The van der Waals surface area contributed by atoms with Crippen molar-refractivity contribution in [2.75, 3.05) is 0 Å². The Hall–Kier alpha value is -0.100.